The van der Waals surface area contributed by atoms with E-state index in [0.29, 0.717) is 10.5 Å². The Hall–Kier alpha value is -2.64. The van der Waals surface area contributed by atoms with Gasteiger partial charge in [-0.15, -0.1) is 0 Å². The lowest BCUT2D eigenvalue weighted by molar-refractivity contribution is -0.124. The second-order valence-electron chi connectivity index (χ2n) is 4.27. The Kier molecular flexibility index (Phi) is 5.29. The molecule has 0 atom stereocenters. The molecule has 22 heavy (non-hydrogen) atoms. The second kappa shape index (κ2) is 7.39. The molecule has 7 heteroatoms. The zero-order valence-electron chi connectivity index (χ0n) is 11.4. The molecule has 2 aromatic carbocycles. The number of anilines is 1. The van der Waals surface area contributed by atoms with Gasteiger partial charge in [-0.05, 0) is 47.9 Å². The number of rotatable bonds is 5. The van der Waals surface area contributed by atoms with E-state index in [4.69, 9.17) is 5.21 Å². The molecule has 2 rings (SSSR count). The van der Waals surface area contributed by atoms with Crippen LogP contribution in [0.1, 0.15) is 5.56 Å². The van der Waals surface area contributed by atoms with E-state index in [2.05, 4.69) is 4.72 Å². The van der Waals surface area contributed by atoms with Crippen molar-refractivity contribution in [3.63, 3.8) is 0 Å². The zero-order chi connectivity index (χ0) is 15.9. The van der Waals surface area contributed by atoms with Gasteiger partial charge in [0.1, 0.15) is 0 Å². The van der Waals surface area contributed by atoms with Crippen LogP contribution in [0, 0.1) is 0 Å². The number of benzene rings is 2. The van der Waals surface area contributed by atoms with Gasteiger partial charge in [0, 0.05) is 11.8 Å². The van der Waals surface area contributed by atoms with E-state index in [1.807, 2.05) is 30.3 Å². The predicted octanol–water partition coefficient (Wildman–Crippen LogP) is 2.74. The summed E-state index contributed by atoms with van der Waals surface area (Å²) in [6, 6.07) is 12.2. The summed E-state index contributed by atoms with van der Waals surface area (Å²) in [7, 11) is 0. The lowest BCUT2D eigenvalue weighted by Gasteiger charge is -2.09. The van der Waals surface area contributed by atoms with Crippen molar-refractivity contribution in [2.24, 2.45) is 0 Å². The lowest BCUT2D eigenvalue weighted by Crippen LogP contribution is -2.14. The molecule has 1 amide bonds. The molecule has 0 spiro atoms. The van der Waals surface area contributed by atoms with Crippen molar-refractivity contribution < 1.29 is 20.2 Å². The molecule has 0 radical (unpaired) electrons. The SMILES string of the molecule is O=C(/C=C/c1cc(O)c(O)c(SNc2ccccc2)c1)NO. The minimum Gasteiger partial charge on any atom is -0.504 e. The number of aromatic hydroxyl groups is 2. The highest BCUT2D eigenvalue weighted by molar-refractivity contribution is 8.00. The van der Waals surface area contributed by atoms with Crippen molar-refractivity contribution in [2.75, 3.05) is 4.72 Å². The number of para-hydroxylation sites is 1. The third-order valence-corrected chi connectivity index (χ3v) is 3.54. The van der Waals surface area contributed by atoms with Crippen LogP contribution in [-0.4, -0.2) is 21.3 Å². The lowest BCUT2D eigenvalue weighted by atomic mass is 10.2. The molecule has 114 valence electrons. The highest BCUT2D eigenvalue weighted by Crippen LogP contribution is 2.37. The monoisotopic (exact) mass is 318 g/mol. The summed E-state index contributed by atoms with van der Waals surface area (Å²) in [5.41, 5.74) is 2.80. The minimum atomic E-state index is -0.691. The molecule has 6 nitrogen and oxygen atoms in total. The highest BCUT2D eigenvalue weighted by Gasteiger charge is 2.09. The minimum absolute atomic E-state index is 0.253. The number of hydroxylamine groups is 1. The maximum Gasteiger partial charge on any atom is 0.267 e. The summed E-state index contributed by atoms with van der Waals surface area (Å²) in [6.07, 6.45) is 2.50. The van der Waals surface area contributed by atoms with Crippen molar-refractivity contribution in [3.05, 3.63) is 54.1 Å². The van der Waals surface area contributed by atoms with E-state index in [-0.39, 0.29) is 11.5 Å². The Morgan fingerprint density at radius 3 is 2.55 bits per heavy atom. The van der Waals surface area contributed by atoms with Gasteiger partial charge < -0.3 is 14.9 Å². The van der Waals surface area contributed by atoms with Gasteiger partial charge in [0.25, 0.3) is 5.91 Å². The van der Waals surface area contributed by atoms with E-state index in [1.54, 1.807) is 6.07 Å². The van der Waals surface area contributed by atoms with Crippen LogP contribution in [0.4, 0.5) is 5.69 Å². The van der Waals surface area contributed by atoms with Gasteiger partial charge in [-0.2, -0.15) is 0 Å². The van der Waals surface area contributed by atoms with Crippen molar-refractivity contribution in [3.8, 4) is 11.5 Å². The third-order valence-electron chi connectivity index (χ3n) is 2.67. The van der Waals surface area contributed by atoms with Gasteiger partial charge in [-0.25, -0.2) is 5.48 Å². The number of hydrogen-bond acceptors (Lipinski definition) is 6. The molecule has 0 aromatic heterocycles. The normalized spacial score (nSPS) is 10.6. The van der Waals surface area contributed by atoms with Crippen LogP contribution in [0.15, 0.2) is 53.4 Å². The second-order valence-corrected chi connectivity index (χ2v) is 5.11. The number of carbonyl (C=O) groups excluding carboxylic acids is 1. The number of hydrogen-bond donors (Lipinski definition) is 5. The maximum atomic E-state index is 11.0. The average Bonchev–Trinajstić information content (AvgIpc) is 2.55. The Morgan fingerprint density at radius 2 is 1.86 bits per heavy atom. The van der Waals surface area contributed by atoms with Gasteiger partial charge in [0.15, 0.2) is 11.5 Å². The summed E-state index contributed by atoms with van der Waals surface area (Å²) in [5.74, 6) is -1.25. The smallest absolute Gasteiger partial charge is 0.267 e. The summed E-state index contributed by atoms with van der Waals surface area (Å²) in [4.78, 5) is 11.4. The first-order valence-corrected chi connectivity index (χ1v) is 7.08. The Balaban J connectivity index is 2.18. The molecular weight excluding hydrogens is 304 g/mol. The first kappa shape index (κ1) is 15.7. The van der Waals surface area contributed by atoms with Crippen molar-refractivity contribution in [1.82, 2.24) is 5.48 Å². The number of nitrogens with one attached hydrogen (secondary N) is 2. The fourth-order valence-electron chi connectivity index (χ4n) is 1.62. The zero-order valence-corrected chi connectivity index (χ0v) is 12.2. The van der Waals surface area contributed by atoms with Crippen LogP contribution < -0.4 is 10.2 Å². The summed E-state index contributed by atoms with van der Waals surface area (Å²) < 4.78 is 3.03. The molecule has 0 aliphatic rings. The van der Waals surface area contributed by atoms with Crippen LogP contribution in [0.2, 0.25) is 0 Å². The highest BCUT2D eigenvalue weighted by atomic mass is 32.2. The van der Waals surface area contributed by atoms with Gasteiger partial charge in [-0.3, -0.25) is 10.0 Å². The molecule has 5 N–H and O–H groups in total. The first-order chi connectivity index (χ1) is 10.6. The molecule has 2 aromatic rings. The molecule has 0 saturated heterocycles. The summed E-state index contributed by atoms with van der Waals surface area (Å²) in [5, 5.41) is 28.0. The number of phenolic OH excluding ortho intramolecular Hbond substituents is 2. The third kappa shape index (κ3) is 4.18. The Labute approximate surface area is 131 Å². The van der Waals surface area contributed by atoms with E-state index < -0.39 is 5.91 Å². The van der Waals surface area contributed by atoms with Crippen molar-refractivity contribution in [1.29, 1.82) is 0 Å². The van der Waals surface area contributed by atoms with Gasteiger partial charge in [0.05, 0.1) is 4.90 Å². The molecule has 0 bridgehead atoms. The van der Waals surface area contributed by atoms with E-state index in [1.165, 1.54) is 17.6 Å². The van der Waals surface area contributed by atoms with Crippen molar-refractivity contribution in [2.45, 2.75) is 4.90 Å². The van der Waals surface area contributed by atoms with Crippen LogP contribution in [0.25, 0.3) is 6.08 Å². The Morgan fingerprint density at radius 1 is 1.14 bits per heavy atom. The van der Waals surface area contributed by atoms with E-state index in [0.717, 1.165) is 23.7 Å². The van der Waals surface area contributed by atoms with Crippen molar-refractivity contribution >= 4 is 29.6 Å². The van der Waals surface area contributed by atoms with Crippen LogP contribution in [0.3, 0.4) is 0 Å². The van der Waals surface area contributed by atoms with Crippen LogP contribution in [0.5, 0.6) is 11.5 Å². The summed E-state index contributed by atoms with van der Waals surface area (Å²) in [6.45, 7) is 0. The number of carbonyl (C=O) groups is 1. The molecule has 0 heterocycles. The molecule has 0 fully saturated rings. The number of phenols is 2. The fraction of sp³-hybridized carbons (Fsp3) is 0. The van der Waals surface area contributed by atoms with E-state index in [9.17, 15) is 15.0 Å². The van der Waals surface area contributed by atoms with Gasteiger partial charge in [0.2, 0.25) is 0 Å². The molecular formula is C15H14N2O4S. The standard InChI is InChI=1S/C15H14N2O4S/c18-12-8-10(6-7-14(19)16-21)9-13(15(12)20)22-17-11-4-2-1-3-5-11/h1-9,17-18,20-21H,(H,16,19)/b7-6+. The van der Waals surface area contributed by atoms with Gasteiger partial charge in [-0.1, -0.05) is 18.2 Å². The van der Waals surface area contributed by atoms with Gasteiger partial charge >= 0.3 is 0 Å². The number of amides is 1. The van der Waals surface area contributed by atoms with Crippen LogP contribution in [-0.2, 0) is 4.79 Å². The van der Waals surface area contributed by atoms with Crippen LogP contribution >= 0.6 is 11.9 Å². The summed E-state index contributed by atoms with van der Waals surface area (Å²) >= 11 is 1.12. The van der Waals surface area contributed by atoms with E-state index >= 15 is 0 Å². The maximum absolute atomic E-state index is 11.0. The fourth-order valence-corrected chi connectivity index (χ4v) is 2.38. The topological polar surface area (TPSA) is 102 Å². The first-order valence-electron chi connectivity index (χ1n) is 6.26. The predicted molar refractivity (Wildman–Crippen MR) is 84.7 cm³/mol. The molecule has 0 aliphatic carbocycles. The quantitative estimate of drug-likeness (QED) is 0.191. The molecule has 0 saturated carbocycles. The average molecular weight is 318 g/mol. The molecule has 0 unspecified atom stereocenters. The Bertz CT molecular complexity index is 689. The largest absolute Gasteiger partial charge is 0.504 e. The molecule has 0 aliphatic heterocycles.